The van der Waals surface area contributed by atoms with Gasteiger partial charge in [0.2, 0.25) is 0 Å². The van der Waals surface area contributed by atoms with Gasteiger partial charge in [0.05, 0.1) is 16.1 Å². The highest BCUT2D eigenvalue weighted by Gasteiger charge is 2.07. The first-order valence-electron chi connectivity index (χ1n) is 6.28. The van der Waals surface area contributed by atoms with E-state index in [0.29, 0.717) is 12.2 Å². The molecule has 0 amide bonds. The van der Waals surface area contributed by atoms with Crippen LogP contribution in [-0.2, 0) is 13.2 Å². The molecule has 0 spiro atoms. The van der Waals surface area contributed by atoms with E-state index < -0.39 is 0 Å². The van der Waals surface area contributed by atoms with E-state index in [4.69, 9.17) is 10.00 Å². The number of nitrogens with one attached hydrogen (secondary N) is 1. The minimum absolute atomic E-state index is 0.477. The van der Waals surface area contributed by atoms with Crippen LogP contribution in [0.15, 0.2) is 46.9 Å². The topological polar surface area (TPSA) is 45.0 Å². The Bertz CT molecular complexity index is 617. The van der Waals surface area contributed by atoms with Gasteiger partial charge in [0.15, 0.2) is 0 Å². The van der Waals surface area contributed by atoms with E-state index >= 15 is 0 Å². The minimum atomic E-state index is 0.477. The Labute approximate surface area is 127 Å². The average Bonchev–Trinajstić information content (AvgIpc) is 2.47. The molecule has 0 aromatic heterocycles. The Balaban J connectivity index is 2.12. The van der Waals surface area contributed by atoms with Gasteiger partial charge < -0.3 is 10.1 Å². The smallest absolute Gasteiger partial charge is 0.138 e. The zero-order valence-corrected chi connectivity index (χ0v) is 12.8. The number of para-hydroxylation sites is 1. The second-order valence-corrected chi connectivity index (χ2v) is 5.21. The number of nitrogens with zero attached hydrogens (tertiary/aromatic N) is 1. The molecule has 0 unspecified atom stereocenters. The summed E-state index contributed by atoms with van der Waals surface area (Å²) in [5.41, 5.74) is 2.80. The Morgan fingerprint density at radius 3 is 2.60 bits per heavy atom. The molecule has 0 heterocycles. The minimum Gasteiger partial charge on any atom is -0.487 e. The van der Waals surface area contributed by atoms with Crippen molar-refractivity contribution >= 4 is 15.9 Å². The molecule has 2 rings (SSSR count). The third kappa shape index (κ3) is 3.60. The molecule has 0 radical (unpaired) electrons. The number of halogens is 1. The van der Waals surface area contributed by atoms with Gasteiger partial charge >= 0.3 is 0 Å². The van der Waals surface area contributed by atoms with Crippen LogP contribution in [0.25, 0.3) is 0 Å². The van der Waals surface area contributed by atoms with Crippen molar-refractivity contribution in [2.75, 3.05) is 7.05 Å². The molecule has 0 fully saturated rings. The number of hydrogen-bond donors (Lipinski definition) is 1. The number of rotatable bonds is 5. The van der Waals surface area contributed by atoms with E-state index in [0.717, 1.165) is 27.9 Å². The summed E-state index contributed by atoms with van der Waals surface area (Å²) in [4.78, 5) is 0. The van der Waals surface area contributed by atoms with E-state index in [1.54, 1.807) is 12.1 Å². The van der Waals surface area contributed by atoms with Gasteiger partial charge in [-0.3, -0.25) is 0 Å². The van der Waals surface area contributed by atoms with E-state index in [1.807, 2.05) is 37.4 Å². The van der Waals surface area contributed by atoms with Gasteiger partial charge in [-0.05, 0) is 46.7 Å². The van der Waals surface area contributed by atoms with Crippen LogP contribution in [0.2, 0.25) is 0 Å². The fourth-order valence-corrected chi connectivity index (χ4v) is 2.40. The molecule has 0 aliphatic heterocycles. The lowest BCUT2D eigenvalue weighted by molar-refractivity contribution is 0.300. The number of benzene rings is 2. The van der Waals surface area contributed by atoms with Crippen molar-refractivity contribution in [3.05, 3.63) is 63.6 Å². The van der Waals surface area contributed by atoms with Crippen molar-refractivity contribution in [2.45, 2.75) is 13.2 Å². The van der Waals surface area contributed by atoms with Crippen LogP contribution in [-0.4, -0.2) is 7.05 Å². The normalized spacial score (nSPS) is 10.1. The zero-order valence-electron chi connectivity index (χ0n) is 11.2. The van der Waals surface area contributed by atoms with Gasteiger partial charge in [-0.15, -0.1) is 0 Å². The van der Waals surface area contributed by atoms with Gasteiger partial charge in [0, 0.05) is 12.1 Å². The fraction of sp³-hybridized carbons (Fsp3) is 0.188. The van der Waals surface area contributed by atoms with Crippen molar-refractivity contribution in [3.8, 4) is 11.8 Å². The SMILES string of the molecule is CNCc1cccc(Br)c1OCc1ccc(C#N)cc1. The molecule has 3 nitrogen and oxygen atoms in total. The molecule has 102 valence electrons. The fourth-order valence-electron chi connectivity index (χ4n) is 1.88. The third-order valence-electron chi connectivity index (χ3n) is 2.88. The van der Waals surface area contributed by atoms with Crippen LogP contribution in [0.5, 0.6) is 5.75 Å². The first-order valence-corrected chi connectivity index (χ1v) is 7.07. The monoisotopic (exact) mass is 330 g/mol. The average molecular weight is 331 g/mol. The van der Waals surface area contributed by atoms with Crippen molar-refractivity contribution in [1.29, 1.82) is 5.26 Å². The van der Waals surface area contributed by atoms with Crippen LogP contribution in [0.1, 0.15) is 16.7 Å². The summed E-state index contributed by atoms with van der Waals surface area (Å²) in [6.07, 6.45) is 0. The summed E-state index contributed by atoms with van der Waals surface area (Å²) in [7, 11) is 1.91. The molecular formula is C16H15BrN2O. The zero-order chi connectivity index (χ0) is 14.4. The van der Waals surface area contributed by atoms with Crippen molar-refractivity contribution in [1.82, 2.24) is 5.32 Å². The molecule has 4 heteroatoms. The predicted octanol–water partition coefficient (Wildman–Crippen LogP) is 3.62. The second kappa shape index (κ2) is 7.09. The Morgan fingerprint density at radius 2 is 1.95 bits per heavy atom. The van der Waals surface area contributed by atoms with Gasteiger partial charge in [-0.1, -0.05) is 24.3 Å². The molecule has 0 saturated carbocycles. The summed E-state index contributed by atoms with van der Waals surface area (Å²) in [5.74, 6) is 0.853. The molecule has 0 saturated heterocycles. The van der Waals surface area contributed by atoms with E-state index in [-0.39, 0.29) is 0 Å². The van der Waals surface area contributed by atoms with Gasteiger partial charge in [0.1, 0.15) is 12.4 Å². The lowest BCUT2D eigenvalue weighted by Crippen LogP contribution is -2.08. The van der Waals surface area contributed by atoms with Crippen LogP contribution < -0.4 is 10.1 Å². The van der Waals surface area contributed by atoms with Crippen LogP contribution >= 0.6 is 15.9 Å². The number of hydrogen-bond acceptors (Lipinski definition) is 3. The van der Waals surface area contributed by atoms with E-state index in [2.05, 4.69) is 27.3 Å². The molecular weight excluding hydrogens is 316 g/mol. The standard InChI is InChI=1S/C16H15BrN2O/c1-19-10-14-3-2-4-15(17)16(14)20-11-13-7-5-12(9-18)6-8-13/h2-8,19H,10-11H2,1H3. The first kappa shape index (κ1) is 14.6. The Morgan fingerprint density at radius 1 is 1.20 bits per heavy atom. The van der Waals surface area contributed by atoms with Crippen LogP contribution in [0.4, 0.5) is 0 Å². The number of ether oxygens (including phenoxy) is 1. The number of nitriles is 1. The Kier molecular flexibility index (Phi) is 5.16. The van der Waals surface area contributed by atoms with Gasteiger partial charge in [0.25, 0.3) is 0 Å². The maximum Gasteiger partial charge on any atom is 0.138 e. The lowest BCUT2D eigenvalue weighted by atomic mass is 10.1. The molecule has 0 atom stereocenters. The molecule has 2 aromatic carbocycles. The first-order chi connectivity index (χ1) is 9.74. The van der Waals surface area contributed by atoms with Crippen LogP contribution in [0, 0.1) is 11.3 Å². The largest absolute Gasteiger partial charge is 0.487 e. The summed E-state index contributed by atoms with van der Waals surface area (Å²) >= 11 is 3.52. The highest BCUT2D eigenvalue weighted by Crippen LogP contribution is 2.29. The van der Waals surface area contributed by atoms with Crippen molar-refractivity contribution in [2.24, 2.45) is 0 Å². The van der Waals surface area contributed by atoms with Crippen LogP contribution in [0.3, 0.4) is 0 Å². The molecule has 20 heavy (non-hydrogen) atoms. The molecule has 1 N–H and O–H groups in total. The maximum atomic E-state index is 8.77. The summed E-state index contributed by atoms with van der Waals surface area (Å²) < 4.78 is 6.85. The predicted molar refractivity (Wildman–Crippen MR) is 82.4 cm³/mol. The molecule has 0 aliphatic carbocycles. The van der Waals surface area contributed by atoms with Crippen molar-refractivity contribution < 1.29 is 4.74 Å². The molecule has 0 bridgehead atoms. The highest BCUT2D eigenvalue weighted by molar-refractivity contribution is 9.10. The Hall–Kier alpha value is -1.83. The van der Waals surface area contributed by atoms with Gasteiger partial charge in [-0.25, -0.2) is 0 Å². The summed E-state index contributed by atoms with van der Waals surface area (Å²) in [6.45, 7) is 1.23. The summed E-state index contributed by atoms with van der Waals surface area (Å²) in [5, 5.41) is 11.9. The second-order valence-electron chi connectivity index (χ2n) is 4.36. The highest BCUT2D eigenvalue weighted by atomic mass is 79.9. The van der Waals surface area contributed by atoms with E-state index in [9.17, 15) is 0 Å². The van der Waals surface area contributed by atoms with Crippen molar-refractivity contribution in [3.63, 3.8) is 0 Å². The summed E-state index contributed by atoms with van der Waals surface area (Å²) in [6, 6.07) is 15.5. The van der Waals surface area contributed by atoms with Gasteiger partial charge in [-0.2, -0.15) is 5.26 Å². The molecule has 2 aromatic rings. The van der Waals surface area contributed by atoms with E-state index in [1.165, 1.54) is 0 Å². The third-order valence-corrected chi connectivity index (χ3v) is 3.51. The lowest BCUT2D eigenvalue weighted by Gasteiger charge is -2.13. The maximum absolute atomic E-state index is 8.77. The quantitative estimate of drug-likeness (QED) is 0.910. The molecule has 0 aliphatic rings.